The van der Waals surface area contributed by atoms with Crippen LogP contribution in [0.5, 0.6) is 0 Å². The Morgan fingerprint density at radius 2 is 1.07 bits per heavy atom. The van der Waals surface area contributed by atoms with Crippen molar-refractivity contribution in [2.75, 3.05) is 0 Å². The quantitative estimate of drug-likeness (QED) is 0.193. The lowest BCUT2D eigenvalue weighted by atomic mass is 9.67. The van der Waals surface area contributed by atoms with Gasteiger partial charge in [-0.25, -0.2) is 4.39 Å². The van der Waals surface area contributed by atoms with Crippen LogP contribution in [-0.4, -0.2) is 0 Å². The minimum Gasteiger partial charge on any atom is -0.207 e. The molecule has 0 aromatic heterocycles. The normalized spacial score (nSPS) is 28.2. The van der Waals surface area contributed by atoms with Gasteiger partial charge in [-0.2, -0.15) is 0 Å². The third kappa shape index (κ3) is 9.43. The standard InChI is InChI=1S/C42H63F/c1-3-5-7-8-10-12-33-15-19-38(20-16-33)40-29-30-41(42(43)31-40)39-27-25-37(26-28-39)36-23-21-35(22-24-36)34-17-13-32(14-18-34)11-9-6-4-2/h13-14,17-18,29-31,33,35-39H,3-12,15-16,19-28H2,1-2H3. The molecule has 5 rings (SSSR count). The van der Waals surface area contributed by atoms with Crippen LogP contribution in [-0.2, 0) is 6.42 Å². The van der Waals surface area contributed by atoms with Crippen LogP contribution in [0.15, 0.2) is 42.5 Å². The first-order valence-corrected chi connectivity index (χ1v) is 19.0. The van der Waals surface area contributed by atoms with Gasteiger partial charge in [0.15, 0.2) is 0 Å². The highest BCUT2D eigenvalue weighted by atomic mass is 19.1. The predicted octanol–water partition coefficient (Wildman–Crippen LogP) is 13.4. The lowest BCUT2D eigenvalue weighted by Gasteiger charge is -2.38. The van der Waals surface area contributed by atoms with E-state index in [4.69, 9.17) is 0 Å². The summed E-state index contributed by atoms with van der Waals surface area (Å²) in [5.41, 5.74) is 5.38. The zero-order chi connectivity index (χ0) is 29.9. The van der Waals surface area contributed by atoms with Crippen molar-refractivity contribution >= 4 is 0 Å². The van der Waals surface area contributed by atoms with E-state index in [2.05, 4.69) is 50.2 Å². The van der Waals surface area contributed by atoms with Crippen LogP contribution < -0.4 is 0 Å². The second kappa shape index (κ2) is 17.2. The second-order valence-electron chi connectivity index (χ2n) is 15.1. The lowest BCUT2D eigenvalue weighted by Crippen LogP contribution is -2.25. The molecule has 1 heteroatoms. The molecule has 0 N–H and O–H groups in total. The smallest absolute Gasteiger partial charge is 0.126 e. The average Bonchev–Trinajstić information content (AvgIpc) is 3.06. The molecule has 0 radical (unpaired) electrons. The molecule has 0 bridgehead atoms. The molecule has 2 aromatic carbocycles. The molecule has 0 saturated heterocycles. The number of aryl methyl sites for hydroxylation is 1. The van der Waals surface area contributed by atoms with Gasteiger partial charge in [-0.15, -0.1) is 0 Å². The van der Waals surface area contributed by atoms with Gasteiger partial charge in [-0.3, -0.25) is 0 Å². The largest absolute Gasteiger partial charge is 0.207 e. The molecule has 0 amide bonds. The minimum absolute atomic E-state index is 0.0934. The first kappa shape index (κ1) is 32.8. The van der Waals surface area contributed by atoms with Crippen LogP contribution in [0.4, 0.5) is 4.39 Å². The molecule has 0 spiro atoms. The Balaban J connectivity index is 1.02. The minimum atomic E-state index is 0.0934. The predicted molar refractivity (Wildman–Crippen MR) is 184 cm³/mol. The Hall–Kier alpha value is -1.63. The van der Waals surface area contributed by atoms with Crippen molar-refractivity contribution in [3.63, 3.8) is 0 Å². The Morgan fingerprint density at radius 3 is 1.70 bits per heavy atom. The number of benzene rings is 2. The molecule has 3 saturated carbocycles. The Bertz CT molecular complexity index is 1040. The summed E-state index contributed by atoms with van der Waals surface area (Å²) in [6.07, 6.45) is 29.3. The summed E-state index contributed by atoms with van der Waals surface area (Å²) in [6.45, 7) is 4.58. The molecule has 3 aliphatic rings. The number of rotatable bonds is 14. The number of hydrogen-bond donors (Lipinski definition) is 0. The van der Waals surface area contributed by atoms with Gasteiger partial charge < -0.3 is 0 Å². The van der Waals surface area contributed by atoms with E-state index in [9.17, 15) is 0 Å². The van der Waals surface area contributed by atoms with Crippen molar-refractivity contribution < 1.29 is 4.39 Å². The average molecular weight is 587 g/mol. The van der Waals surface area contributed by atoms with E-state index in [-0.39, 0.29) is 5.82 Å². The molecular weight excluding hydrogens is 523 g/mol. The van der Waals surface area contributed by atoms with Crippen LogP contribution in [0, 0.1) is 23.6 Å². The summed E-state index contributed by atoms with van der Waals surface area (Å²) in [5, 5.41) is 0. The molecule has 2 aromatic rings. The summed E-state index contributed by atoms with van der Waals surface area (Å²) >= 11 is 0. The summed E-state index contributed by atoms with van der Waals surface area (Å²) in [7, 11) is 0. The monoisotopic (exact) mass is 586 g/mol. The van der Waals surface area contributed by atoms with E-state index in [1.807, 2.05) is 6.07 Å². The summed E-state index contributed by atoms with van der Waals surface area (Å²) < 4.78 is 15.5. The molecule has 238 valence electrons. The van der Waals surface area contributed by atoms with Crippen LogP contribution in [0.1, 0.15) is 189 Å². The van der Waals surface area contributed by atoms with Gasteiger partial charge in [0, 0.05) is 0 Å². The van der Waals surface area contributed by atoms with Gasteiger partial charge in [0.25, 0.3) is 0 Å². The van der Waals surface area contributed by atoms with Crippen molar-refractivity contribution in [1.29, 1.82) is 0 Å². The Kier molecular flexibility index (Phi) is 13.1. The van der Waals surface area contributed by atoms with Gasteiger partial charge >= 0.3 is 0 Å². The second-order valence-corrected chi connectivity index (χ2v) is 15.1. The third-order valence-corrected chi connectivity index (χ3v) is 12.2. The van der Waals surface area contributed by atoms with Gasteiger partial charge in [0.05, 0.1) is 0 Å². The Labute approximate surface area is 265 Å². The van der Waals surface area contributed by atoms with E-state index in [0.29, 0.717) is 11.8 Å². The molecule has 0 aliphatic heterocycles. The molecule has 3 aliphatic carbocycles. The Morgan fingerprint density at radius 1 is 0.535 bits per heavy atom. The maximum Gasteiger partial charge on any atom is 0.126 e. The topological polar surface area (TPSA) is 0 Å². The zero-order valence-electron chi connectivity index (χ0n) is 27.9. The van der Waals surface area contributed by atoms with Crippen molar-refractivity contribution in [3.05, 3.63) is 70.5 Å². The van der Waals surface area contributed by atoms with Gasteiger partial charge in [-0.05, 0) is 154 Å². The van der Waals surface area contributed by atoms with Gasteiger partial charge in [0.2, 0.25) is 0 Å². The van der Waals surface area contributed by atoms with E-state index in [0.717, 1.165) is 29.2 Å². The molecule has 3 fully saturated rings. The molecular formula is C42H63F. The van der Waals surface area contributed by atoms with E-state index < -0.39 is 0 Å². The SMILES string of the molecule is CCCCCCCC1CCC(c2ccc(C3CCC(C4CCC(c5ccc(CCCCC)cc5)CC4)CC3)c(F)c2)CC1. The van der Waals surface area contributed by atoms with Crippen molar-refractivity contribution in [2.45, 2.75) is 173 Å². The highest BCUT2D eigenvalue weighted by Crippen LogP contribution is 2.46. The van der Waals surface area contributed by atoms with Crippen LogP contribution in [0.25, 0.3) is 0 Å². The number of unbranched alkanes of at least 4 members (excludes halogenated alkanes) is 6. The molecule has 0 atom stereocenters. The van der Waals surface area contributed by atoms with Crippen molar-refractivity contribution in [2.24, 2.45) is 17.8 Å². The lowest BCUT2D eigenvalue weighted by molar-refractivity contribution is 0.176. The highest BCUT2D eigenvalue weighted by molar-refractivity contribution is 5.30. The number of hydrogen-bond acceptors (Lipinski definition) is 0. The van der Waals surface area contributed by atoms with Gasteiger partial charge in [0.1, 0.15) is 5.82 Å². The van der Waals surface area contributed by atoms with Crippen LogP contribution in [0.2, 0.25) is 0 Å². The zero-order valence-corrected chi connectivity index (χ0v) is 27.9. The van der Waals surface area contributed by atoms with Crippen LogP contribution in [0.3, 0.4) is 0 Å². The molecule has 0 nitrogen and oxygen atoms in total. The summed E-state index contributed by atoms with van der Waals surface area (Å²) in [4.78, 5) is 0. The van der Waals surface area contributed by atoms with E-state index >= 15 is 4.39 Å². The molecule has 43 heavy (non-hydrogen) atoms. The van der Waals surface area contributed by atoms with Crippen molar-refractivity contribution in [3.8, 4) is 0 Å². The third-order valence-electron chi connectivity index (χ3n) is 12.2. The fourth-order valence-electron chi connectivity index (χ4n) is 9.31. The highest BCUT2D eigenvalue weighted by Gasteiger charge is 2.32. The van der Waals surface area contributed by atoms with E-state index in [1.54, 1.807) is 5.56 Å². The maximum absolute atomic E-state index is 15.5. The maximum atomic E-state index is 15.5. The molecule has 0 heterocycles. The van der Waals surface area contributed by atoms with E-state index in [1.165, 1.54) is 152 Å². The van der Waals surface area contributed by atoms with Crippen molar-refractivity contribution in [1.82, 2.24) is 0 Å². The number of halogens is 1. The first-order valence-electron chi connectivity index (χ1n) is 19.0. The summed E-state index contributed by atoms with van der Waals surface area (Å²) in [6, 6.07) is 16.1. The van der Waals surface area contributed by atoms with Gasteiger partial charge in [-0.1, -0.05) is 102 Å². The first-order chi connectivity index (χ1) is 21.1. The fraction of sp³-hybridized carbons (Fsp3) is 0.714. The molecule has 0 unspecified atom stereocenters. The fourth-order valence-corrected chi connectivity index (χ4v) is 9.31. The summed E-state index contributed by atoms with van der Waals surface area (Å²) in [5.74, 6) is 4.53. The van der Waals surface area contributed by atoms with Crippen LogP contribution >= 0.6 is 0 Å².